The Morgan fingerprint density at radius 1 is 1.12 bits per heavy atom. The van der Waals surface area contributed by atoms with Crippen LogP contribution in [0, 0.1) is 19.8 Å². The number of nitrogens with zero attached hydrogens (tertiary/aromatic N) is 2. The highest BCUT2D eigenvalue weighted by Crippen LogP contribution is 2.39. The maximum atomic E-state index is 13.9. The summed E-state index contributed by atoms with van der Waals surface area (Å²) in [4.78, 5) is 29.6. The molecule has 5 rings (SSSR count). The molecule has 2 amide bonds. The van der Waals surface area contributed by atoms with Crippen molar-refractivity contribution >= 4 is 39.1 Å². The Hall–Kier alpha value is -2.60. The lowest BCUT2D eigenvalue weighted by Crippen LogP contribution is -2.65. The third-order valence-corrected chi connectivity index (χ3v) is 8.20. The lowest BCUT2D eigenvalue weighted by atomic mass is 9.86. The SMILES string of the molecule is Cc1ccc(C)c(N2C(=O)c3cc4sccc4n3C[C@@]2(C)C(=O)NC2CCC(C)CC2)c1. The number of benzene rings is 1. The number of thiophene rings is 1. The van der Waals surface area contributed by atoms with E-state index in [2.05, 4.69) is 12.2 Å². The van der Waals surface area contributed by atoms with Crippen molar-refractivity contribution in [3.05, 3.63) is 52.5 Å². The van der Waals surface area contributed by atoms with E-state index in [9.17, 15) is 9.59 Å². The minimum Gasteiger partial charge on any atom is -0.351 e. The van der Waals surface area contributed by atoms with Crippen LogP contribution in [0.4, 0.5) is 5.69 Å². The number of anilines is 1. The summed E-state index contributed by atoms with van der Waals surface area (Å²) in [5, 5.41) is 5.37. The number of aryl methyl sites for hydroxylation is 2. The van der Waals surface area contributed by atoms with Crippen LogP contribution in [0.3, 0.4) is 0 Å². The molecule has 1 aromatic carbocycles. The highest BCUT2D eigenvalue weighted by Gasteiger charge is 2.49. The van der Waals surface area contributed by atoms with Gasteiger partial charge in [-0.25, -0.2) is 0 Å². The molecular weight excluding hydrogens is 418 g/mol. The first-order valence-electron chi connectivity index (χ1n) is 11.6. The molecule has 6 heteroatoms. The Balaban J connectivity index is 1.59. The van der Waals surface area contributed by atoms with Crippen LogP contribution in [0.5, 0.6) is 0 Å². The second kappa shape index (κ2) is 7.77. The quantitative estimate of drug-likeness (QED) is 0.579. The predicted octanol–water partition coefficient (Wildman–Crippen LogP) is 5.43. The molecule has 0 saturated heterocycles. The predicted molar refractivity (Wildman–Crippen MR) is 131 cm³/mol. The average Bonchev–Trinajstić information content (AvgIpc) is 3.35. The van der Waals surface area contributed by atoms with Crippen LogP contribution in [-0.4, -0.2) is 28.0 Å². The summed E-state index contributed by atoms with van der Waals surface area (Å²) >= 11 is 1.63. The lowest BCUT2D eigenvalue weighted by Gasteiger charge is -2.45. The lowest BCUT2D eigenvalue weighted by molar-refractivity contribution is -0.127. The summed E-state index contributed by atoms with van der Waals surface area (Å²) in [5.74, 6) is 0.549. The molecule has 5 nitrogen and oxygen atoms in total. The zero-order chi connectivity index (χ0) is 22.6. The number of carbonyl (C=O) groups is 2. The molecule has 1 saturated carbocycles. The fourth-order valence-electron chi connectivity index (χ4n) is 5.30. The fourth-order valence-corrected chi connectivity index (χ4v) is 6.12. The van der Waals surface area contributed by atoms with Crippen molar-refractivity contribution in [1.29, 1.82) is 0 Å². The first-order valence-corrected chi connectivity index (χ1v) is 12.5. The van der Waals surface area contributed by atoms with E-state index in [0.29, 0.717) is 12.2 Å². The molecule has 2 aromatic heterocycles. The topological polar surface area (TPSA) is 54.3 Å². The van der Waals surface area contributed by atoms with Crippen LogP contribution in [-0.2, 0) is 11.3 Å². The van der Waals surface area contributed by atoms with Gasteiger partial charge in [-0.15, -0.1) is 11.3 Å². The van der Waals surface area contributed by atoms with E-state index < -0.39 is 5.54 Å². The standard InChI is InChI=1S/C26H31N3O2S/c1-16-6-9-19(10-7-16)27-25(31)26(4)15-28-20-11-12-32-23(20)14-22(28)24(30)29(26)21-13-17(2)5-8-18(21)3/h5,8,11-14,16,19H,6-7,9-10,15H2,1-4H3,(H,27,31)/t16?,19?,26-/m0/s1. The molecular formula is C26H31N3O2S. The number of nitrogens with one attached hydrogen (secondary N) is 1. The van der Waals surface area contributed by atoms with Crippen LogP contribution in [0.1, 0.15) is 61.1 Å². The normalized spacial score (nSPS) is 25.8. The van der Waals surface area contributed by atoms with Crippen LogP contribution < -0.4 is 10.2 Å². The van der Waals surface area contributed by atoms with Crippen molar-refractivity contribution in [3.63, 3.8) is 0 Å². The molecule has 0 radical (unpaired) electrons. The number of amides is 2. The molecule has 1 aliphatic heterocycles. The smallest absolute Gasteiger partial charge is 0.275 e. The van der Waals surface area contributed by atoms with Gasteiger partial charge in [0.15, 0.2) is 0 Å². The Morgan fingerprint density at radius 3 is 2.62 bits per heavy atom. The average molecular weight is 450 g/mol. The number of aromatic nitrogens is 1. The van der Waals surface area contributed by atoms with Gasteiger partial charge >= 0.3 is 0 Å². The zero-order valence-corrected chi connectivity index (χ0v) is 20.1. The van der Waals surface area contributed by atoms with Gasteiger partial charge in [0.1, 0.15) is 11.2 Å². The molecule has 0 bridgehead atoms. The van der Waals surface area contributed by atoms with Crippen LogP contribution >= 0.6 is 11.3 Å². The van der Waals surface area contributed by atoms with Crippen LogP contribution in [0.15, 0.2) is 35.7 Å². The van der Waals surface area contributed by atoms with E-state index >= 15 is 0 Å². The molecule has 2 aliphatic rings. The maximum absolute atomic E-state index is 13.9. The molecule has 32 heavy (non-hydrogen) atoms. The molecule has 3 heterocycles. The fraction of sp³-hybridized carbons (Fsp3) is 0.462. The first-order chi connectivity index (χ1) is 15.3. The number of rotatable bonds is 3. The van der Waals surface area contributed by atoms with Crippen LogP contribution in [0.2, 0.25) is 0 Å². The van der Waals surface area contributed by atoms with Gasteiger partial charge in [-0.3, -0.25) is 14.5 Å². The summed E-state index contributed by atoms with van der Waals surface area (Å²) < 4.78 is 3.12. The summed E-state index contributed by atoms with van der Waals surface area (Å²) in [7, 11) is 0. The maximum Gasteiger partial charge on any atom is 0.275 e. The Bertz CT molecular complexity index is 1200. The Labute approximate surface area is 193 Å². The van der Waals surface area contributed by atoms with E-state index in [1.807, 2.05) is 61.1 Å². The van der Waals surface area contributed by atoms with E-state index in [1.165, 1.54) is 0 Å². The summed E-state index contributed by atoms with van der Waals surface area (Å²) in [5.41, 5.74) is 3.56. The number of hydrogen-bond donors (Lipinski definition) is 1. The van der Waals surface area contributed by atoms with E-state index in [0.717, 1.165) is 58.6 Å². The molecule has 0 unspecified atom stereocenters. The molecule has 1 fully saturated rings. The zero-order valence-electron chi connectivity index (χ0n) is 19.3. The first kappa shape index (κ1) is 21.3. The van der Waals surface area contributed by atoms with Crippen molar-refractivity contribution in [1.82, 2.24) is 9.88 Å². The van der Waals surface area contributed by atoms with E-state index in [4.69, 9.17) is 0 Å². The third kappa shape index (κ3) is 3.36. The van der Waals surface area contributed by atoms with Crippen molar-refractivity contribution < 1.29 is 9.59 Å². The second-order valence-electron chi connectivity index (χ2n) is 9.92. The van der Waals surface area contributed by atoms with Gasteiger partial charge in [-0.05, 0) is 87.1 Å². The minimum atomic E-state index is -1.01. The van der Waals surface area contributed by atoms with E-state index in [-0.39, 0.29) is 17.9 Å². The third-order valence-electron chi connectivity index (χ3n) is 7.35. The number of fused-ring (bicyclic) bond motifs is 3. The van der Waals surface area contributed by atoms with Gasteiger partial charge < -0.3 is 9.88 Å². The van der Waals surface area contributed by atoms with Gasteiger partial charge in [-0.2, -0.15) is 0 Å². The Morgan fingerprint density at radius 2 is 1.88 bits per heavy atom. The molecule has 1 aliphatic carbocycles. The van der Waals surface area contributed by atoms with Crippen molar-refractivity contribution in [2.75, 3.05) is 4.90 Å². The second-order valence-corrected chi connectivity index (χ2v) is 10.9. The number of carbonyl (C=O) groups excluding carboxylic acids is 2. The number of hydrogen-bond acceptors (Lipinski definition) is 3. The minimum absolute atomic E-state index is 0.0611. The van der Waals surface area contributed by atoms with Gasteiger partial charge in [0, 0.05) is 11.7 Å². The molecule has 1 N–H and O–H groups in total. The van der Waals surface area contributed by atoms with E-state index in [1.54, 1.807) is 16.2 Å². The molecule has 168 valence electrons. The van der Waals surface area contributed by atoms with Gasteiger partial charge in [0.05, 0.1) is 16.8 Å². The summed E-state index contributed by atoms with van der Waals surface area (Å²) in [6, 6.07) is 10.3. The largest absolute Gasteiger partial charge is 0.351 e. The highest BCUT2D eigenvalue weighted by atomic mass is 32.1. The molecule has 0 spiro atoms. The summed E-state index contributed by atoms with van der Waals surface area (Å²) in [6.07, 6.45) is 4.28. The Kier molecular flexibility index (Phi) is 5.16. The highest BCUT2D eigenvalue weighted by molar-refractivity contribution is 7.17. The summed E-state index contributed by atoms with van der Waals surface area (Å²) in [6.45, 7) is 8.68. The molecule has 3 aromatic rings. The van der Waals surface area contributed by atoms with Crippen molar-refractivity contribution in [2.45, 2.75) is 71.5 Å². The van der Waals surface area contributed by atoms with Gasteiger partial charge in [-0.1, -0.05) is 19.1 Å². The van der Waals surface area contributed by atoms with Gasteiger partial charge in [0.25, 0.3) is 5.91 Å². The van der Waals surface area contributed by atoms with Crippen molar-refractivity contribution in [3.8, 4) is 0 Å². The van der Waals surface area contributed by atoms with Crippen molar-refractivity contribution in [2.24, 2.45) is 5.92 Å². The van der Waals surface area contributed by atoms with Crippen LogP contribution in [0.25, 0.3) is 10.2 Å². The van der Waals surface area contributed by atoms with Gasteiger partial charge in [0.2, 0.25) is 5.91 Å². The monoisotopic (exact) mass is 449 g/mol. The molecule has 1 atom stereocenters.